The average molecular weight is 399 g/mol. The van der Waals surface area contributed by atoms with Gasteiger partial charge in [-0.2, -0.15) is 0 Å². The van der Waals surface area contributed by atoms with E-state index in [9.17, 15) is 4.79 Å². The van der Waals surface area contributed by atoms with Crippen LogP contribution < -0.4 is 14.8 Å². The first-order valence-electron chi connectivity index (χ1n) is 10.2. The maximum Gasteiger partial charge on any atom is 0.238 e. The fourth-order valence-electron chi connectivity index (χ4n) is 3.56. The molecular weight excluding hydrogens is 368 g/mol. The lowest BCUT2D eigenvalue weighted by Gasteiger charge is -2.36. The van der Waals surface area contributed by atoms with E-state index in [0.29, 0.717) is 50.0 Å². The molecule has 29 heavy (non-hydrogen) atoms. The highest BCUT2D eigenvalue weighted by atomic mass is 16.5. The number of hydrogen-bond donors (Lipinski definition) is 1. The molecule has 0 spiro atoms. The molecule has 2 unspecified atom stereocenters. The van der Waals surface area contributed by atoms with Gasteiger partial charge in [0.15, 0.2) is 0 Å². The van der Waals surface area contributed by atoms with Gasteiger partial charge in [-0.05, 0) is 38.5 Å². The van der Waals surface area contributed by atoms with Crippen molar-refractivity contribution in [2.45, 2.75) is 33.0 Å². The number of benzene rings is 2. The molecule has 3 rings (SSSR count). The second-order valence-corrected chi connectivity index (χ2v) is 7.11. The van der Waals surface area contributed by atoms with E-state index < -0.39 is 0 Å². The van der Waals surface area contributed by atoms with Gasteiger partial charge >= 0.3 is 0 Å². The van der Waals surface area contributed by atoms with Crippen LogP contribution in [0.25, 0.3) is 0 Å². The summed E-state index contributed by atoms with van der Waals surface area (Å²) < 4.78 is 17.3. The van der Waals surface area contributed by atoms with Gasteiger partial charge in [-0.15, -0.1) is 0 Å². The summed E-state index contributed by atoms with van der Waals surface area (Å²) in [5, 5.41) is 2.98. The Morgan fingerprint density at radius 2 is 1.86 bits per heavy atom. The van der Waals surface area contributed by atoms with E-state index in [2.05, 4.69) is 22.3 Å². The number of amides is 1. The van der Waals surface area contributed by atoms with Crippen LogP contribution in [0.3, 0.4) is 0 Å². The topological polar surface area (TPSA) is 60.0 Å². The zero-order valence-electron chi connectivity index (χ0n) is 17.4. The molecule has 2 atom stereocenters. The van der Waals surface area contributed by atoms with E-state index in [1.165, 1.54) is 0 Å². The maximum absolute atomic E-state index is 12.8. The van der Waals surface area contributed by atoms with Crippen LogP contribution in [0.4, 0.5) is 5.69 Å². The second kappa shape index (κ2) is 10.3. The summed E-state index contributed by atoms with van der Waals surface area (Å²) >= 11 is 0. The number of hydrogen-bond acceptors (Lipinski definition) is 5. The Labute approximate surface area is 172 Å². The van der Waals surface area contributed by atoms with Gasteiger partial charge < -0.3 is 19.5 Å². The number of carbonyl (C=O) groups is 1. The van der Waals surface area contributed by atoms with Crippen LogP contribution in [-0.4, -0.2) is 49.8 Å². The maximum atomic E-state index is 12.8. The Morgan fingerprint density at radius 1 is 1.10 bits per heavy atom. The first kappa shape index (κ1) is 21.1. The highest BCUT2D eigenvalue weighted by Crippen LogP contribution is 2.30. The van der Waals surface area contributed by atoms with Crippen molar-refractivity contribution < 1.29 is 19.0 Å². The van der Waals surface area contributed by atoms with Crippen molar-refractivity contribution >= 4 is 11.6 Å². The van der Waals surface area contributed by atoms with Gasteiger partial charge in [-0.3, -0.25) is 9.69 Å². The van der Waals surface area contributed by atoms with E-state index in [1.807, 2.05) is 51.1 Å². The summed E-state index contributed by atoms with van der Waals surface area (Å²) in [5.41, 5.74) is 1.76. The van der Waals surface area contributed by atoms with Crippen molar-refractivity contribution in [1.82, 2.24) is 4.90 Å². The molecule has 1 aliphatic rings. The Kier molecular flexibility index (Phi) is 7.49. The van der Waals surface area contributed by atoms with Crippen LogP contribution in [-0.2, 0) is 9.53 Å². The number of rotatable bonds is 8. The molecule has 1 aliphatic heterocycles. The largest absolute Gasteiger partial charge is 0.494 e. The van der Waals surface area contributed by atoms with E-state index in [-0.39, 0.29) is 18.1 Å². The molecule has 0 bridgehead atoms. The predicted molar refractivity (Wildman–Crippen MR) is 114 cm³/mol. The molecule has 2 aromatic carbocycles. The van der Waals surface area contributed by atoms with Crippen molar-refractivity contribution in [3.05, 3.63) is 54.1 Å². The smallest absolute Gasteiger partial charge is 0.238 e. The van der Waals surface area contributed by atoms with Gasteiger partial charge in [-0.25, -0.2) is 0 Å². The van der Waals surface area contributed by atoms with Gasteiger partial charge in [0.25, 0.3) is 0 Å². The summed E-state index contributed by atoms with van der Waals surface area (Å²) in [6.45, 7) is 8.66. The van der Waals surface area contributed by atoms with E-state index in [0.717, 1.165) is 5.56 Å². The van der Waals surface area contributed by atoms with Gasteiger partial charge in [-0.1, -0.05) is 30.3 Å². The number of ether oxygens (including phenoxy) is 3. The summed E-state index contributed by atoms with van der Waals surface area (Å²) in [5.74, 6) is 1.26. The lowest BCUT2D eigenvalue weighted by Crippen LogP contribution is -2.46. The highest BCUT2D eigenvalue weighted by molar-refractivity contribution is 5.94. The minimum Gasteiger partial charge on any atom is -0.494 e. The number of carbonyl (C=O) groups excluding carboxylic acids is 1. The minimum atomic E-state index is -0.0829. The Morgan fingerprint density at radius 3 is 2.59 bits per heavy atom. The lowest BCUT2D eigenvalue weighted by atomic mass is 10.1. The zero-order valence-corrected chi connectivity index (χ0v) is 17.4. The van der Waals surface area contributed by atoms with Crippen LogP contribution in [0.1, 0.15) is 32.4 Å². The molecule has 0 saturated carbocycles. The molecule has 1 heterocycles. The fourth-order valence-corrected chi connectivity index (χ4v) is 3.56. The Hall–Kier alpha value is -2.57. The third kappa shape index (κ3) is 5.95. The number of anilines is 1. The molecule has 0 aliphatic carbocycles. The van der Waals surface area contributed by atoms with Crippen molar-refractivity contribution in [3.63, 3.8) is 0 Å². The van der Waals surface area contributed by atoms with Crippen LogP contribution in [0, 0.1) is 0 Å². The molecule has 6 heteroatoms. The molecule has 2 aromatic rings. The second-order valence-electron chi connectivity index (χ2n) is 7.11. The van der Waals surface area contributed by atoms with Crippen LogP contribution in [0.15, 0.2) is 48.5 Å². The molecule has 1 N–H and O–H groups in total. The molecule has 1 fully saturated rings. The predicted octanol–water partition coefficient (Wildman–Crippen LogP) is 3.88. The third-order valence-corrected chi connectivity index (χ3v) is 4.71. The minimum absolute atomic E-state index is 0.0342. The van der Waals surface area contributed by atoms with Crippen molar-refractivity contribution in [2.75, 3.05) is 38.2 Å². The number of morpholine rings is 1. The number of nitrogens with one attached hydrogen (secondary N) is 1. The Balaban J connectivity index is 1.66. The SMILES string of the molecule is CCOc1ccc(OCC)c(NC(=O)CN2CC(C)OC(c3ccccc3)C2)c1. The van der Waals surface area contributed by atoms with Crippen LogP contribution >= 0.6 is 0 Å². The van der Waals surface area contributed by atoms with E-state index in [4.69, 9.17) is 14.2 Å². The average Bonchev–Trinajstić information content (AvgIpc) is 2.70. The molecule has 1 amide bonds. The fraction of sp³-hybridized carbons (Fsp3) is 0.435. The lowest BCUT2D eigenvalue weighted by molar-refractivity contribution is -0.122. The molecule has 1 saturated heterocycles. The van der Waals surface area contributed by atoms with Crippen molar-refractivity contribution in [2.24, 2.45) is 0 Å². The van der Waals surface area contributed by atoms with E-state index >= 15 is 0 Å². The quantitative estimate of drug-likeness (QED) is 0.731. The zero-order chi connectivity index (χ0) is 20.6. The van der Waals surface area contributed by atoms with Crippen molar-refractivity contribution in [1.29, 1.82) is 0 Å². The summed E-state index contributed by atoms with van der Waals surface area (Å²) in [7, 11) is 0. The molecule has 0 radical (unpaired) electrons. The van der Waals surface area contributed by atoms with Crippen LogP contribution in [0.2, 0.25) is 0 Å². The highest BCUT2D eigenvalue weighted by Gasteiger charge is 2.27. The van der Waals surface area contributed by atoms with Crippen LogP contribution in [0.5, 0.6) is 11.5 Å². The van der Waals surface area contributed by atoms with Gasteiger partial charge in [0.05, 0.1) is 37.7 Å². The summed E-state index contributed by atoms with van der Waals surface area (Å²) in [6, 6.07) is 15.6. The molecule has 156 valence electrons. The van der Waals surface area contributed by atoms with Gasteiger partial charge in [0, 0.05) is 19.2 Å². The third-order valence-electron chi connectivity index (χ3n) is 4.71. The summed E-state index contributed by atoms with van der Waals surface area (Å²) in [4.78, 5) is 14.9. The molecular formula is C23H30N2O4. The molecule has 6 nitrogen and oxygen atoms in total. The normalized spacial score (nSPS) is 19.6. The first-order chi connectivity index (χ1) is 14.1. The van der Waals surface area contributed by atoms with Gasteiger partial charge in [0.2, 0.25) is 5.91 Å². The van der Waals surface area contributed by atoms with Gasteiger partial charge in [0.1, 0.15) is 11.5 Å². The Bertz CT molecular complexity index is 797. The monoisotopic (exact) mass is 398 g/mol. The first-order valence-corrected chi connectivity index (χ1v) is 10.2. The van der Waals surface area contributed by atoms with Crippen molar-refractivity contribution in [3.8, 4) is 11.5 Å². The summed E-state index contributed by atoms with van der Waals surface area (Å²) in [6.07, 6.45) is 0.0232. The number of nitrogens with zero attached hydrogens (tertiary/aromatic N) is 1. The van der Waals surface area contributed by atoms with E-state index in [1.54, 1.807) is 6.07 Å². The standard InChI is InChI=1S/C23H30N2O4/c1-4-27-19-11-12-21(28-5-2)20(13-19)24-23(26)16-25-14-17(3)29-22(15-25)18-9-7-6-8-10-18/h6-13,17,22H,4-5,14-16H2,1-3H3,(H,24,26). The molecule has 0 aromatic heterocycles.